The Labute approximate surface area is 411 Å². The molecule has 15 heteroatoms. The third kappa shape index (κ3) is 9.24. The average Bonchev–Trinajstić information content (AvgIpc) is 4.16. The zero-order valence-corrected chi connectivity index (χ0v) is 40.6. The maximum Gasteiger partial charge on any atom is 2.00 e. The Hall–Kier alpha value is -7.02. The quantitative estimate of drug-likeness (QED) is 0.164. The second-order valence-electron chi connectivity index (χ2n) is 14.8. The molecule has 0 atom stereocenters. The van der Waals surface area contributed by atoms with E-state index in [9.17, 15) is 0 Å². The molecule has 8 bridgehead atoms. The molecule has 4 aromatic carbocycles. The fourth-order valence-electron chi connectivity index (χ4n) is 8.33. The average molecular weight is 981 g/mol. The molecule has 2 aliphatic rings. The van der Waals surface area contributed by atoms with E-state index in [0.717, 1.165) is 61.3 Å². The number of methoxy groups -OCH3 is 8. The minimum atomic E-state index is 0. The van der Waals surface area contributed by atoms with Gasteiger partial charge in [-0.05, 0) is 103 Å². The van der Waals surface area contributed by atoms with Crippen LogP contribution in [0.25, 0.3) is 85.4 Å². The summed E-state index contributed by atoms with van der Waals surface area (Å²) in [4.78, 5) is 14.0. The number of aromatic amines is 1. The van der Waals surface area contributed by atoms with E-state index in [1.807, 2.05) is 121 Å². The van der Waals surface area contributed by atoms with Crippen molar-refractivity contribution >= 4 is 46.4 Å². The monoisotopic (exact) mass is 979 g/mol. The first-order valence-electron chi connectivity index (χ1n) is 20.4. The molecule has 12 nitrogen and oxygen atoms in total. The summed E-state index contributed by atoms with van der Waals surface area (Å²) in [7, 11) is 13.1. The van der Waals surface area contributed by atoms with Gasteiger partial charge in [0.2, 0.25) is 0 Å². The molecule has 2 aliphatic heterocycles. The van der Waals surface area contributed by atoms with Gasteiger partial charge in [0.05, 0.1) is 96.4 Å². The first kappa shape index (κ1) is 49.4. The van der Waals surface area contributed by atoms with Gasteiger partial charge < -0.3 is 72.3 Å². The molecule has 1 radical (unpaired) electrons. The number of rotatable bonds is 12. The Morgan fingerprint density at radius 3 is 1.31 bits per heavy atom. The number of nitrogens with one attached hydrogen (secondary N) is 1. The van der Waals surface area contributed by atoms with Crippen LogP contribution < -0.4 is 62.7 Å². The Morgan fingerprint density at radius 1 is 0.403 bits per heavy atom. The predicted molar refractivity (Wildman–Crippen MR) is 253 cm³/mol. The molecule has 343 valence electrons. The van der Waals surface area contributed by atoms with Crippen molar-refractivity contribution in [2.45, 2.75) is 0 Å². The number of nitrogens with zero attached hydrogens (tertiary/aromatic N) is 3. The van der Waals surface area contributed by atoms with Crippen LogP contribution in [-0.2, 0) is 17.1 Å². The number of hydrogen-bond acceptors (Lipinski definition) is 10. The number of hydrogen-bond donors (Lipinski definition) is 1. The van der Waals surface area contributed by atoms with E-state index in [2.05, 4.69) is 15.6 Å². The fraction of sp³-hybridized carbons (Fsp3) is 0.154. The van der Waals surface area contributed by atoms with Crippen LogP contribution in [0.1, 0.15) is 22.8 Å². The number of H-pyrrole nitrogens is 1. The van der Waals surface area contributed by atoms with E-state index in [1.54, 1.807) is 56.9 Å². The third-order valence-corrected chi connectivity index (χ3v) is 11.3. The van der Waals surface area contributed by atoms with Crippen molar-refractivity contribution in [3.05, 3.63) is 126 Å². The molecule has 7 aromatic rings. The van der Waals surface area contributed by atoms with Crippen LogP contribution in [0.2, 0.25) is 0 Å². The molecule has 0 spiro atoms. The summed E-state index contributed by atoms with van der Waals surface area (Å²) in [6, 6.07) is 33.4. The maximum absolute atomic E-state index is 6.29. The van der Waals surface area contributed by atoms with E-state index >= 15 is 0 Å². The topological polar surface area (TPSA) is 120 Å². The summed E-state index contributed by atoms with van der Waals surface area (Å²) in [6.07, 6.45) is 8.04. The number of halogens is 2. The Bertz CT molecular complexity index is 3200. The van der Waals surface area contributed by atoms with E-state index in [-0.39, 0.29) is 41.9 Å². The molecular formula is C52H46Cl2MnN4O8. The molecule has 0 fully saturated rings. The van der Waals surface area contributed by atoms with Crippen LogP contribution in [0, 0.1) is 0 Å². The van der Waals surface area contributed by atoms with Gasteiger partial charge in [0.15, 0.2) is 0 Å². The van der Waals surface area contributed by atoms with E-state index in [1.165, 1.54) is 0 Å². The van der Waals surface area contributed by atoms with Crippen molar-refractivity contribution in [2.24, 2.45) is 0 Å². The molecule has 3 aromatic heterocycles. The largest absolute Gasteiger partial charge is 2.00 e. The van der Waals surface area contributed by atoms with Gasteiger partial charge in [0, 0.05) is 68.7 Å². The summed E-state index contributed by atoms with van der Waals surface area (Å²) in [5.41, 5.74) is 11.3. The molecule has 0 aliphatic carbocycles. The molecule has 5 heterocycles. The van der Waals surface area contributed by atoms with E-state index < -0.39 is 0 Å². The Balaban J connectivity index is 0.00000247. The minimum absolute atomic E-state index is 0. The van der Waals surface area contributed by atoms with Crippen molar-refractivity contribution in [1.29, 1.82) is 0 Å². The molecule has 1 N–H and O–H groups in total. The second kappa shape index (κ2) is 21.1. The summed E-state index contributed by atoms with van der Waals surface area (Å²) < 4.78 is 50.2. The van der Waals surface area contributed by atoms with Crippen LogP contribution in [0.5, 0.6) is 46.0 Å². The van der Waals surface area contributed by atoms with E-state index in [4.69, 9.17) is 47.9 Å². The standard InChI is InChI=1S/C52H46N4O8.2ClH.Mn/c1-57-35-14-18-39(45(26-35)61-5)49-42-21-13-33(55-42)24-32-10-9-30(53-32)23-31-11-12-34(54-31)25-44-50(40-19-15-36(58-2)27-46(40)62-6)51(41-20-16-37(59-3)28-47(41)63-7)52(49)56(44)43-22-17-38(60-4)29-48(43)64-8;;;/h9-29,53H,1-8H3;2*1H;/q;;;+2/p-2. The first-order chi connectivity index (χ1) is 31.3. The van der Waals surface area contributed by atoms with Gasteiger partial charge in [-0.2, -0.15) is 0 Å². The van der Waals surface area contributed by atoms with Crippen LogP contribution in [0.15, 0.2) is 103 Å². The van der Waals surface area contributed by atoms with Gasteiger partial charge in [0.1, 0.15) is 46.0 Å². The molecule has 0 amide bonds. The SMILES string of the molecule is COc1ccc(-c2c(-c3ccc(OC)cc3OC)c3c(-c4ccc(OC)cc4OC)c4nc(cc5ccc(cc6nc(cc2n3-c2ccc(OC)cc2OC)C=C6)[nH]5)C=C4)c(OC)c1.[Cl-].[Cl-].[Mn+2]. The van der Waals surface area contributed by atoms with Gasteiger partial charge in [-0.3, -0.25) is 0 Å². The Morgan fingerprint density at radius 2 is 0.821 bits per heavy atom. The van der Waals surface area contributed by atoms with Crippen molar-refractivity contribution in [3.63, 3.8) is 0 Å². The summed E-state index contributed by atoms with van der Waals surface area (Å²) in [6.45, 7) is 0. The number of benzene rings is 4. The van der Waals surface area contributed by atoms with Crippen molar-refractivity contribution < 1.29 is 79.8 Å². The third-order valence-electron chi connectivity index (χ3n) is 11.3. The normalized spacial score (nSPS) is 11.1. The molecular weight excluding hydrogens is 934 g/mol. The Kier molecular flexibility index (Phi) is 15.5. The van der Waals surface area contributed by atoms with Gasteiger partial charge >= 0.3 is 17.1 Å². The van der Waals surface area contributed by atoms with Crippen molar-refractivity contribution in [1.82, 2.24) is 19.5 Å². The second-order valence-corrected chi connectivity index (χ2v) is 14.8. The smallest absolute Gasteiger partial charge is 1.00 e. The van der Waals surface area contributed by atoms with Crippen LogP contribution in [-0.4, -0.2) is 76.4 Å². The molecule has 9 rings (SSSR count). The van der Waals surface area contributed by atoms with Crippen molar-refractivity contribution in [3.8, 4) is 85.1 Å². The molecule has 0 saturated heterocycles. The summed E-state index contributed by atoms with van der Waals surface area (Å²) >= 11 is 0. The number of ether oxygens (including phenoxy) is 8. The van der Waals surface area contributed by atoms with Gasteiger partial charge in [-0.1, -0.05) is 0 Å². The van der Waals surface area contributed by atoms with Gasteiger partial charge in [0.25, 0.3) is 0 Å². The zero-order chi connectivity index (χ0) is 44.5. The van der Waals surface area contributed by atoms with Gasteiger partial charge in [-0.25, -0.2) is 9.97 Å². The first-order valence-corrected chi connectivity index (χ1v) is 20.4. The zero-order valence-electron chi connectivity index (χ0n) is 37.9. The van der Waals surface area contributed by atoms with Crippen LogP contribution in [0.3, 0.4) is 0 Å². The maximum atomic E-state index is 6.29. The molecule has 0 unspecified atom stereocenters. The summed E-state index contributed by atoms with van der Waals surface area (Å²) in [5.74, 6) is 4.71. The molecule has 0 saturated carbocycles. The van der Waals surface area contributed by atoms with Crippen LogP contribution in [0.4, 0.5) is 0 Å². The minimum Gasteiger partial charge on any atom is -1.00 e. The van der Waals surface area contributed by atoms with Crippen molar-refractivity contribution in [2.75, 3.05) is 56.9 Å². The fourth-order valence-corrected chi connectivity index (χ4v) is 8.33. The van der Waals surface area contributed by atoms with Gasteiger partial charge in [-0.15, -0.1) is 0 Å². The predicted octanol–water partition coefficient (Wildman–Crippen LogP) is 5.19. The molecule has 67 heavy (non-hydrogen) atoms. The van der Waals surface area contributed by atoms with Crippen LogP contribution >= 0.6 is 0 Å². The number of fused-ring (bicyclic) bond motifs is 8. The summed E-state index contributed by atoms with van der Waals surface area (Å²) in [5, 5.41) is 0. The van der Waals surface area contributed by atoms with E-state index in [0.29, 0.717) is 68.6 Å². The number of aromatic nitrogens is 4.